The monoisotopic (exact) mass is 338 g/mol. The Morgan fingerprint density at radius 3 is 2.67 bits per heavy atom. The van der Waals surface area contributed by atoms with Crippen molar-refractivity contribution >= 4 is 49.9 Å². The molecule has 0 saturated heterocycles. The summed E-state index contributed by atoms with van der Waals surface area (Å²) in [7, 11) is 1.63. The van der Waals surface area contributed by atoms with E-state index >= 15 is 0 Å². The van der Waals surface area contributed by atoms with E-state index in [0.29, 0.717) is 16.6 Å². The van der Waals surface area contributed by atoms with Crippen LogP contribution in [0.4, 0.5) is 5.13 Å². The molecule has 0 amide bonds. The molecule has 0 atom stereocenters. The molecule has 0 saturated carbocycles. The lowest BCUT2D eigenvalue weighted by molar-refractivity contribution is 0.410. The predicted octanol–water partition coefficient (Wildman–Crippen LogP) is 5.22. The lowest BCUT2D eigenvalue weighted by Crippen LogP contribution is -2.02. The van der Waals surface area contributed by atoms with Crippen LogP contribution in [-0.4, -0.2) is 12.1 Å². The largest absolute Gasteiger partial charge is 0.496 e. The minimum atomic E-state index is 0.542. The van der Waals surface area contributed by atoms with Crippen LogP contribution in [0.3, 0.4) is 0 Å². The van der Waals surface area contributed by atoms with E-state index in [9.17, 15) is 0 Å². The molecule has 0 unspecified atom stereocenters. The summed E-state index contributed by atoms with van der Waals surface area (Å²) in [6.45, 7) is 0.542. The summed E-state index contributed by atoms with van der Waals surface area (Å²) in [6.07, 6.45) is 0. The second-order valence-corrected chi connectivity index (χ2v) is 6.19. The quantitative estimate of drug-likeness (QED) is 0.707. The Labute approximate surface area is 136 Å². The molecule has 6 heteroatoms. The molecule has 1 heterocycles. The number of thiazole rings is 1. The molecule has 0 radical (unpaired) electrons. The maximum absolute atomic E-state index is 6.22. The predicted molar refractivity (Wildman–Crippen MR) is 90.0 cm³/mol. The van der Waals surface area contributed by atoms with Crippen molar-refractivity contribution in [2.24, 2.45) is 0 Å². The van der Waals surface area contributed by atoms with Gasteiger partial charge in [0, 0.05) is 17.1 Å². The number of hydrogen-bond donors (Lipinski definition) is 1. The van der Waals surface area contributed by atoms with Gasteiger partial charge in [-0.3, -0.25) is 0 Å². The maximum Gasteiger partial charge on any atom is 0.184 e. The van der Waals surface area contributed by atoms with Crippen molar-refractivity contribution < 1.29 is 4.74 Å². The molecule has 3 aromatic rings. The maximum atomic E-state index is 6.22. The molecular formula is C15H12Cl2N2OS. The van der Waals surface area contributed by atoms with Crippen molar-refractivity contribution in [3.63, 3.8) is 0 Å². The van der Waals surface area contributed by atoms with E-state index < -0.39 is 0 Å². The fourth-order valence-electron chi connectivity index (χ4n) is 2.06. The third kappa shape index (κ3) is 2.93. The highest BCUT2D eigenvalue weighted by Gasteiger charge is 2.10. The first-order valence-electron chi connectivity index (χ1n) is 6.29. The van der Waals surface area contributed by atoms with Crippen LogP contribution in [0.25, 0.3) is 10.2 Å². The van der Waals surface area contributed by atoms with Crippen molar-refractivity contribution in [2.45, 2.75) is 6.54 Å². The number of hydrogen-bond acceptors (Lipinski definition) is 4. The molecule has 108 valence electrons. The number of nitrogens with one attached hydrogen (secondary N) is 1. The molecule has 0 spiro atoms. The van der Waals surface area contributed by atoms with Gasteiger partial charge in [-0.2, -0.15) is 0 Å². The average molecular weight is 339 g/mol. The summed E-state index contributed by atoms with van der Waals surface area (Å²) in [5, 5.41) is 5.47. The molecule has 0 fully saturated rings. The van der Waals surface area contributed by atoms with Crippen molar-refractivity contribution in [1.29, 1.82) is 0 Å². The van der Waals surface area contributed by atoms with Gasteiger partial charge in [0.1, 0.15) is 5.75 Å². The number of halogens is 2. The van der Waals surface area contributed by atoms with E-state index in [2.05, 4.69) is 10.3 Å². The highest BCUT2D eigenvalue weighted by molar-refractivity contribution is 7.22. The average Bonchev–Trinajstić information content (AvgIpc) is 2.90. The van der Waals surface area contributed by atoms with Crippen LogP contribution in [-0.2, 0) is 6.54 Å². The van der Waals surface area contributed by atoms with E-state index in [-0.39, 0.29) is 0 Å². The zero-order chi connectivity index (χ0) is 14.8. The normalized spacial score (nSPS) is 10.8. The van der Waals surface area contributed by atoms with Crippen LogP contribution in [0.1, 0.15) is 5.56 Å². The smallest absolute Gasteiger partial charge is 0.184 e. The van der Waals surface area contributed by atoms with E-state index in [1.165, 1.54) is 11.3 Å². The topological polar surface area (TPSA) is 34.1 Å². The van der Waals surface area contributed by atoms with Crippen LogP contribution < -0.4 is 10.1 Å². The van der Waals surface area contributed by atoms with Gasteiger partial charge in [0.15, 0.2) is 5.13 Å². The Balaban J connectivity index is 1.85. The van der Waals surface area contributed by atoms with E-state index in [1.807, 2.05) is 36.4 Å². The molecule has 0 aliphatic heterocycles. The van der Waals surface area contributed by atoms with Crippen LogP contribution in [0.15, 0.2) is 36.4 Å². The summed E-state index contributed by atoms with van der Waals surface area (Å²) in [4.78, 5) is 4.51. The van der Waals surface area contributed by atoms with Gasteiger partial charge in [0.05, 0.1) is 22.3 Å². The summed E-state index contributed by atoms with van der Waals surface area (Å²) >= 11 is 13.9. The Morgan fingerprint density at radius 1 is 1.14 bits per heavy atom. The van der Waals surface area contributed by atoms with Crippen molar-refractivity contribution in [3.8, 4) is 5.75 Å². The van der Waals surface area contributed by atoms with Gasteiger partial charge in [-0.1, -0.05) is 46.7 Å². The van der Waals surface area contributed by atoms with Crippen LogP contribution in [0, 0.1) is 0 Å². The van der Waals surface area contributed by atoms with Crippen LogP contribution in [0.2, 0.25) is 10.0 Å². The first-order valence-corrected chi connectivity index (χ1v) is 7.86. The lowest BCUT2D eigenvalue weighted by atomic mass is 10.2. The Kier molecular flexibility index (Phi) is 4.19. The Morgan fingerprint density at radius 2 is 1.90 bits per heavy atom. The van der Waals surface area contributed by atoms with Gasteiger partial charge in [-0.15, -0.1) is 0 Å². The molecule has 2 aromatic carbocycles. The van der Waals surface area contributed by atoms with Gasteiger partial charge in [-0.25, -0.2) is 4.98 Å². The van der Waals surface area contributed by atoms with Gasteiger partial charge in [0.25, 0.3) is 0 Å². The first kappa shape index (κ1) is 14.4. The molecular weight excluding hydrogens is 327 g/mol. The van der Waals surface area contributed by atoms with Crippen LogP contribution in [0.5, 0.6) is 5.75 Å². The molecule has 1 N–H and O–H groups in total. The van der Waals surface area contributed by atoms with Gasteiger partial charge < -0.3 is 10.1 Å². The summed E-state index contributed by atoms with van der Waals surface area (Å²) < 4.78 is 6.31. The minimum Gasteiger partial charge on any atom is -0.496 e. The fraction of sp³-hybridized carbons (Fsp3) is 0.133. The number of benzene rings is 2. The number of ether oxygens (including phenoxy) is 1. The molecule has 0 aliphatic carbocycles. The highest BCUT2D eigenvalue weighted by atomic mass is 35.5. The summed E-state index contributed by atoms with van der Waals surface area (Å²) in [5.74, 6) is 0.758. The number of fused-ring (bicyclic) bond motifs is 1. The molecule has 1 aromatic heterocycles. The van der Waals surface area contributed by atoms with Gasteiger partial charge in [0.2, 0.25) is 0 Å². The first-order chi connectivity index (χ1) is 10.2. The van der Waals surface area contributed by atoms with E-state index in [0.717, 1.165) is 26.7 Å². The number of anilines is 1. The van der Waals surface area contributed by atoms with Crippen LogP contribution >= 0.6 is 34.5 Å². The zero-order valence-corrected chi connectivity index (χ0v) is 13.5. The SMILES string of the molecule is COc1cccc(Cl)c1CNc1nc2cccc(Cl)c2s1. The highest BCUT2D eigenvalue weighted by Crippen LogP contribution is 2.33. The number of methoxy groups -OCH3 is 1. The fourth-order valence-corrected chi connectivity index (χ4v) is 3.44. The summed E-state index contributed by atoms with van der Waals surface area (Å²) in [5.41, 5.74) is 1.80. The summed E-state index contributed by atoms with van der Waals surface area (Å²) in [6, 6.07) is 11.3. The Bertz CT molecular complexity index is 788. The van der Waals surface area contributed by atoms with Crippen molar-refractivity contribution in [2.75, 3.05) is 12.4 Å². The molecule has 0 aliphatic rings. The van der Waals surface area contributed by atoms with Gasteiger partial charge in [-0.05, 0) is 24.3 Å². The van der Waals surface area contributed by atoms with Gasteiger partial charge >= 0.3 is 0 Å². The minimum absolute atomic E-state index is 0.542. The zero-order valence-electron chi connectivity index (χ0n) is 11.2. The standard InChI is InChI=1S/C15H12Cl2N2OS/c1-20-13-7-3-4-10(16)9(13)8-18-15-19-12-6-2-5-11(17)14(12)21-15/h2-7H,8H2,1H3,(H,18,19). The molecule has 21 heavy (non-hydrogen) atoms. The molecule has 0 bridgehead atoms. The van der Waals surface area contributed by atoms with Crippen molar-refractivity contribution in [3.05, 3.63) is 52.0 Å². The molecule has 3 rings (SSSR count). The third-order valence-corrected chi connectivity index (χ3v) is 4.92. The second kappa shape index (κ2) is 6.10. The second-order valence-electron chi connectivity index (χ2n) is 4.38. The third-order valence-electron chi connectivity index (χ3n) is 3.08. The number of rotatable bonds is 4. The van der Waals surface area contributed by atoms with Crippen molar-refractivity contribution in [1.82, 2.24) is 4.98 Å². The lowest BCUT2D eigenvalue weighted by Gasteiger charge is -2.10. The Hall–Kier alpha value is -1.49. The van der Waals surface area contributed by atoms with E-state index in [4.69, 9.17) is 27.9 Å². The number of aromatic nitrogens is 1. The number of nitrogens with zero attached hydrogens (tertiary/aromatic N) is 1. The molecule has 3 nitrogen and oxygen atoms in total. The van der Waals surface area contributed by atoms with E-state index in [1.54, 1.807) is 7.11 Å².